The van der Waals surface area contributed by atoms with Crippen LogP contribution in [0.5, 0.6) is 0 Å². The molecule has 0 radical (unpaired) electrons. The Morgan fingerprint density at radius 1 is 1.43 bits per heavy atom. The Kier molecular flexibility index (Phi) is 6.80. The van der Waals surface area contributed by atoms with E-state index < -0.39 is 5.97 Å². The zero-order valence-electron chi connectivity index (χ0n) is 8.90. The summed E-state index contributed by atoms with van der Waals surface area (Å²) in [6, 6.07) is 0. The molecule has 0 atom stereocenters. The number of hydrogen-bond donors (Lipinski definition) is 1. The number of carboxylic acid groups (broad SMARTS) is 1. The number of rotatable bonds is 8. The zero-order chi connectivity index (χ0) is 11.0. The van der Waals surface area contributed by atoms with Gasteiger partial charge in [0, 0.05) is 19.5 Å². The van der Waals surface area contributed by atoms with Gasteiger partial charge in [-0.15, -0.1) is 0 Å². The van der Waals surface area contributed by atoms with E-state index in [0.29, 0.717) is 18.9 Å². The number of aliphatic carboxylic acids is 1. The smallest absolute Gasteiger partial charge is 0.303 e. The number of hydrogen-bond acceptors (Lipinski definition) is 2. The molecule has 0 unspecified atom stereocenters. The molecule has 0 saturated heterocycles. The summed E-state index contributed by atoms with van der Waals surface area (Å²) in [6.45, 7) is 5.46. The molecule has 1 N–H and O–H groups in total. The summed E-state index contributed by atoms with van der Waals surface area (Å²) in [6.07, 6.45) is 2.42. The lowest BCUT2D eigenvalue weighted by atomic mass is 10.1. The maximum atomic E-state index is 10.6. The van der Waals surface area contributed by atoms with Crippen LogP contribution in [-0.4, -0.2) is 35.5 Å². The van der Waals surface area contributed by atoms with Gasteiger partial charge in [-0.05, 0) is 18.8 Å². The third-order valence-corrected chi connectivity index (χ3v) is 1.98. The molecule has 0 aliphatic heterocycles. The van der Waals surface area contributed by atoms with E-state index in [9.17, 15) is 9.59 Å². The topological polar surface area (TPSA) is 57.6 Å². The third-order valence-electron chi connectivity index (χ3n) is 1.98. The van der Waals surface area contributed by atoms with Crippen LogP contribution in [-0.2, 0) is 9.59 Å². The summed E-state index contributed by atoms with van der Waals surface area (Å²) < 4.78 is 0. The summed E-state index contributed by atoms with van der Waals surface area (Å²) in [7, 11) is 0. The second kappa shape index (κ2) is 7.35. The van der Waals surface area contributed by atoms with Crippen molar-refractivity contribution in [2.75, 3.05) is 13.1 Å². The first kappa shape index (κ1) is 12.9. The lowest BCUT2D eigenvalue weighted by Crippen LogP contribution is -2.25. The SMILES string of the molecule is CC(C)CCN(C=O)CCCC(=O)O. The maximum absolute atomic E-state index is 10.6. The van der Waals surface area contributed by atoms with Crippen LogP contribution in [0.4, 0.5) is 0 Å². The molecule has 4 nitrogen and oxygen atoms in total. The van der Waals surface area contributed by atoms with Crippen molar-refractivity contribution in [3.05, 3.63) is 0 Å². The second-order valence-electron chi connectivity index (χ2n) is 3.82. The van der Waals surface area contributed by atoms with E-state index in [2.05, 4.69) is 13.8 Å². The van der Waals surface area contributed by atoms with Crippen LogP contribution < -0.4 is 0 Å². The van der Waals surface area contributed by atoms with E-state index in [0.717, 1.165) is 19.4 Å². The molecule has 14 heavy (non-hydrogen) atoms. The standard InChI is InChI=1S/C10H19NO3/c1-9(2)5-7-11(8-12)6-3-4-10(13)14/h8-9H,3-7H2,1-2H3,(H,13,14). The summed E-state index contributed by atoms with van der Waals surface area (Å²) in [5, 5.41) is 8.41. The molecular weight excluding hydrogens is 182 g/mol. The van der Waals surface area contributed by atoms with Gasteiger partial charge in [0.15, 0.2) is 0 Å². The van der Waals surface area contributed by atoms with E-state index in [-0.39, 0.29) is 6.42 Å². The fourth-order valence-electron chi connectivity index (χ4n) is 1.07. The molecule has 4 heteroatoms. The van der Waals surface area contributed by atoms with Crippen LogP contribution in [0.2, 0.25) is 0 Å². The fraction of sp³-hybridized carbons (Fsp3) is 0.800. The van der Waals surface area contributed by atoms with Crippen LogP contribution in [0.3, 0.4) is 0 Å². The average molecular weight is 201 g/mol. The highest BCUT2D eigenvalue weighted by atomic mass is 16.4. The van der Waals surface area contributed by atoms with Crippen LogP contribution in [0.1, 0.15) is 33.1 Å². The summed E-state index contributed by atoms with van der Waals surface area (Å²) >= 11 is 0. The molecule has 0 spiro atoms. The first-order chi connectivity index (χ1) is 6.56. The van der Waals surface area contributed by atoms with Gasteiger partial charge < -0.3 is 10.0 Å². The van der Waals surface area contributed by atoms with Crippen LogP contribution in [0.15, 0.2) is 0 Å². The predicted octanol–water partition coefficient (Wildman–Crippen LogP) is 1.36. The highest BCUT2D eigenvalue weighted by molar-refractivity contribution is 5.66. The van der Waals surface area contributed by atoms with E-state index in [1.165, 1.54) is 0 Å². The number of amides is 1. The zero-order valence-corrected chi connectivity index (χ0v) is 8.90. The highest BCUT2D eigenvalue weighted by Crippen LogP contribution is 2.02. The Bertz CT molecular complexity index is 180. The molecule has 0 aromatic carbocycles. The molecule has 0 aromatic heterocycles. The van der Waals surface area contributed by atoms with Crippen molar-refractivity contribution in [2.24, 2.45) is 5.92 Å². The minimum atomic E-state index is -0.806. The summed E-state index contributed by atoms with van der Waals surface area (Å²) in [5.74, 6) is -0.239. The molecular formula is C10H19NO3. The minimum absolute atomic E-state index is 0.131. The van der Waals surface area contributed by atoms with Gasteiger partial charge in [0.1, 0.15) is 0 Å². The maximum Gasteiger partial charge on any atom is 0.303 e. The van der Waals surface area contributed by atoms with Crippen LogP contribution in [0, 0.1) is 5.92 Å². The third kappa shape index (κ3) is 7.58. The number of carbonyl (C=O) groups excluding carboxylic acids is 1. The van der Waals surface area contributed by atoms with Gasteiger partial charge >= 0.3 is 5.97 Å². The largest absolute Gasteiger partial charge is 0.481 e. The number of nitrogens with zero attached hydrogens (tertiary/aromatic N) is 1. The molecule has 0 saturated carbocycles. The van der Waals surface area contributed by atoms with Crippen molar-refractivity contribution in [3.63, 3.8) is 0 Å². The molecule has 82 valence electrons. The Hall–Kier alpha value is -1.06. The average Bonchev–Trinajstić information content (AvgIpc) is 2.10. The molecule has 0 aliphatic carbocycles. The lowest BCUT2D eigenvalue weighted by molar-refractivity contribution is -0.137. The lowest BCUT2D eigenvalue weighted by Gasteiger charge is -2.17. The van der Waals surface area contributed by atoms with Crippen molar-refractivity contribution in [1.29, 1.82) is 0 Å². The molecule has 0 aliphatic rings. The summed E-state index contributed by atoms with van der Waals surface area (Å²) in [4.78, 5) is 22.4. The van der Waals surface area contributed by atoms with Gasteiger partial charge in [-0.1, -0.05) is 13.8 Å². The molecule has 0 bridgehead atoms. The van der Waals surface area contributed by atoms with Gasteiger partial charge in [-0.25, -0.2) is 0 Å². The van der Waals surface area contributed by atoms with E-state index >= 15 is 0 Å². The molecule has 0 fully saturated rings. The first-order valence-corrected chi connectivity index (χ1v) is 4.97. The molecule has 0 aromatic rings. The van der Waals surface area contributed by atoms with Crippen molar-refractivity contribution >= 4 is 12.4 Å². The Balaban J connectivity index is 3.58. The van der Waals surface area contributed by atoms with E-state index in [1.807, 2.05) is 0 Å². The number of carboxylic acids is 1. The second-order valence-corrected chi connectivity index (χ2v) is 3.82. The van der Waals surface area contributed by atoms with Gasteiger partial charge in [-0.2, -0.15) is 0 Å². The molecule has 0 heterocycles. The Labute approximate surface area is 84.9 Å². The van der Waals surface area contributed by atoms with Crippen molar-refractivity contribution in [2.45, 2.75) is 33.1 Å². The molecule has 0 rings (SSSR count). The molecule has 1 amide bonds. The predicted molar refractivity (Wildman–Crippen MR) is 54.0 cm³/mol. The van der Waals surface area contributed by atoms with Crippen LogP contribution in [0.25, 0.3) is 0 Å². The van der Waals surface area contributed by atoms with Crippen LogP contribution >= 0.6 is 0 Å². The van der Waals surface area contributed by atoms with Crippen molar-refractivity contribution in [3.8, 4) is 0 Å². The highest BCUT2D eigenvalue weighted by Gasteiger charge is 2.04. The number of carbonyl (C=O) groups is 2. The summed E-state index contributed by atoms with van der Waals surface area (Å²) in [5.41, 5.74) is 0. The van der Waals surface area contributed by atoms with Gasteiger partial charge in [-0.3, -0.25) is 9.59 Å². The minimum Gasteiger partial charge on any atom is -0.481 e. The fourth-order valence-corrected chi connectivity index (χ4v) is 1.07. The Morgan fingerprint density at radius 3 is 2.50 bits per heavy atom. The van der Waals surface area contributed by atoms with Gasteiger partial charge in [0.05, 0.1) is 0 Å². The van der Waals surface area contributed by atoms with Crippen molar-refractivity contribution in [1.82, 2.24) is 4.90 Å². The van der Waals surface area contributed by atoms with E-state index in [4.69, 9.17) is 5.11 Å². The Morgan fingerprint density at radius 2 is 2.07 bits per heavy atom. The van der Waals surface area contributed by atoms with Crippen molar-refractivity contribution < 1.29 is 14.7 Å². The quantitative estimate of drug-likeness (QED) is 0.603. The first-order valence-electron chi connectivity index (χ1n) is 4.97. The monoisotopic (exact) mass is 201 g/mol. The van der Waals surface area contributed by atoms with E-state index in [1.54, 1.807) is 4.90 Å². The van der Waals surface area contributed by atoms with Gasteiger partial charge in [0.2, 0.25) is 6.41 Å². The normalized spacial score (nSPS) is 10.2. The van der Waals surface area contributed by atoms with Gasteiger partial charge in [0.25, 0.3) is 0 Å².